The molecule has 0 bridgehead atoms. The van der Waals surface area contributed by atoms with Crippen molar-refractivity contribution in [3.63, 3.8) is 0 Å². The van der Waals surface area contributed by atoms with Crippen molar-refractivity contribution in [1.29, 1.82) is 0 Å². The Hall–Kier alpha value is -1.97. The molecule has 0 fully saturated rings. The van der Waals surface area contributed by atoms with Crippen molar-refractivity contribution in [2.24, 2.45) is 0 Å². The molecule has 2 aromatic carbocycles. The molecule has 0 spiro atoms. The van der Waals surface area contributed by atoms with Gasteiger partial charge in [0.25, 0.3) is 0 Å². The zero-order valence-corrected chi connectivity index (χ0v) is 8.66. The standard InChI is InChI=1S/C13H8F3O/c14-13(15,16)17-12-9-5-4-8-11(12)10-6-2-1-3-7-10/h1-6,8-9H. The SMILES string of the molecule is FC(F)(F)Oc1ccccc1-c1[c]cccc1. The molecule has 1 nitrogen and oxygen atoms in total. The van der Waals surface area contributed by atoms with Crippen molar-refractivity contribution in [1.82, 2.24) is 0 Å². The number of halogens is 3. The van der Waals surface area contributed by atoms with Gasteiger partial charge in [-0.3, -0.25) is 0 Å². The molecule has 0 saturated carbocycles. The van der Waals surface area contributed by atoms with Crippen LogP contribution in [0.1, 0.15) is 0 Å². The first kappa shape index (κ1) is 11.5. The lowest BCUT2D eigenvalue weighted by atomic mass is 10.1. The van der Waals surface area contributed by atoms with E-state index in [0.29, 0.717) is 11.1 Å². The van der Waals surface area contributed by atoms with Gasteiger partial charge in [-0.25, -0.2) is 0 Å². The molecule has 0 N–H and O–H groups in total. The van der Waals surface area contributed by atoms with Crippen LogP contribution in [-0.4, -0.2) is 6.36 Å². The predicted molar refractivity (Wildman–Crippen MR) is 57.4 cm³/mol. The lowest BCUT2D eigenvalue weighted by molar-refractivity contribution is -0.274. The highest BCUT2D eigenvalue weighted by Crippen LogP contribution is 2.33. The Morgan fingerprint density at radius 1 is 0.941 bits per heavy atom. The highest BCUT2D eigenvalue weighted by atomic mass is 19.4. The molecule has 4 heteroatoms. The number of hydrogen-bond donors (Lipinski definition) is 0. The summed E-state index contributed by atoms with van der Waals surface area (Å²) >= 11 is 0. The van der Waals surface area contributed by atoms with Crippen molar-refractivity contribution in [3.05, 3.63) is 54.6 Å². The summed E-state index contributed by atoms with van der Waals surface area (Å²) in [6.45, 7) is 0. The predicted octanol–water partition coefficient (Wildman–Crippen LogP) is 4.05. The van der Waals surface area contributed by atoms with Crippen LogP contribution in [0.5, 0.6) is 5.75 Å². The molecular weight excluding hydrogens is 229 g/mol. The fourth-order valence-electron chi connectivity index (χ4n) is 1.46. The molecule has 0 heterocycles. The Labute approximate surface area is 96.5 Å². The van der Waals surface area contributed by atoms with Crippen LogP contribution in [-0.2, 0) is 0 Å². The Kier molecular flexibility index (Phi) is 3.04. The Bertz CT molecular complexity index is 492. The molecule has 0 saturated heterocycles. The third-order valence-electron chi connectivity index (χ3n) is 2.11. The average molecular weight is 237 g/mol. The molecule has 1 radical (unpaired) electrons. The van der Waals surface area contributed by atoms with Gasteiger partial charge in [-0.05, 0) is 17.7 Å². The molecule has 2 rings (SSSR count). The molecule has 87 valence electrons. The number of hydrogen-bond acceptors (Lipinski definition) is 1. The second-order valence-electron chi connectivity index (χ2n) is 3.32. The van der Waals surface area contributed by atoms with E-state index in [4.69, 9.17) is 0 Å². The van der Waals surface area contributed by atoms with Crippen LogP contribution in [0.3, 0.4) is 0 Å². The van der Waals surface area contributed by atoms with E-state index in [1.54, 1.807) is 36.4 Å². The molecule has 0 aromatic heterocycles. The van der Waals surface area contributed by atoms with Crippen LogP contribution in [0.15, 0.2) is 48.5 Å². The first-order valence-corrected chi connectivity index (χ1v) is 4.88. The van der Waals surface area contributed by atoms with Gasteiger partial charge in [0.1, 0.15) is 5.75 Å². The number of ether oxygens (including phenoxy) is 1. The number of para-hydroxylation sites is 1. The maximum atomic E-state index is 12.2. The van der Waals surface area contributed by atoms with Crippen molar-refractivity contribution >= 4 is 0 Å². The van der Waals surface area contributed by atoms with Gasteiger partial charge < -0.3 is 4.74 Å². The smallest absolute Gasteiger partial charge is 0.405 e. The number of alkyl halides is 3. The Morgan fingerprint density at radius 2 is 1.65 bits per heavy atom. The summed E-state index contributed by atoms with van der Waals surface area (Å²) in [5, 5.41) is 0. The first-order valence-electron chi connectivity index (χ1n) is 4.88. The van der Waals surface area contributed by atoms with E-state index < -0.39 is 6.36 Å². The molecule has 0 aliphatic heterocycles. The summed E-state index contributed by atoms with van der Waals surface area (Å²) < 4.78 is 40.6. The fraction of sp³-hybridized carbons (Fsp3) is 0.0769. The lowest BCUT2D eigenvalue weighted by Crippen LogP contribution is -2.17. The minimum Gasteiger partial charge on any atom is -0.405 e. The van der Waals surface area contributed by atoms with Crippen LogP contribution >= 0.6 is 0 Å². The summed E-state index contributed by atoms with van der Waals surface area (Å²) in [7, 11) is 0. The zero-order chi connectivity index (χ0) is 12.3. The highest BCUT2D eigenvalue weighted by molar-refractivity contribution is 5.69. The quantitative estimate of drug-likeness (QED) is 0.765. The van der Waals surface area contributed by atoms with E-state index in [1.165, 1.54) is 12.1 Å². The van der Waals surface area contributed by atoms with Crippen LogP contribution in [0, 0.1) is 6.07 Å². The van der Waals surface area contributed by atoms with Gasteiger partial charge in [-0.1, -0.05) is 42.5 Å². The molecule has 0 amide bonds. The Morgan fingerprint density at radius 3 is 2.29 bits per heavy atom. The molecular formula is C13H8F3O. The van der Waals surface area contributed by atoms with E-state index in [0.717, 1.165) is 0 Å². The molecule has 2 aromatic rings. The van der Waals surface area contributed by atoms with Gasteiger partial charge in [0.15, 0.2) is 0 Å². The number of rotatable bonds is 2. The normalized spacial score (nSPS) is 11.2. The van der Waals surface area contributed by atoms with Gasteiger partial charge in [0, 0.05) is 5.56 Å². The molecule has 0 unspecified atom stereocenters. The van der Waals surface area contributed by atoms with E-state index in [2.05, 4.69) is 10.8 Å². The second-order valence-corrected chi connectivity index (χ2v) is 3.32. The summed E-state index contributed by atoms with van der Waals surface area (Å²) in [5.74, 6) is -0.220. The van der Waals surface area contributed by atoms with Crippen molar-refractivity contribution < 1.29 is 17.9 Å². The third-order valence-corrected chi connectivity index (χ3v) is 2.11. The van der Waals surface area contributed by atoms with Crippen LogP contribution in [0.25, 0.3) is 11.1 Å². The maximum Gasteiger partial charge on any atom is 0.573 e. The number of benzene rings is 2. The van der Waals surface area contributed by atoms with Crippen molar-refractivity contribution in [3.8, 4) is 16.9 Å². The third kappa shape index (κ3) is 3.00. The van der Waals surface area contributed by atoms with Crippen molar-refractivity contribution in [2.75, 3.05) is 0 Å². The molecule has 17 heavy (non-hydrogen) atoms. The summed E-state index contributed by atoms with van der Waals surface area (Å²) in [4.78, 5) is 0. The molecule has 0 atom stereocenters. The van der Waals surface area contributed by atoms with Gasteiger partial charge in [0.2, 0.25) is 0 Å². The maximum absolute atomic E-state index is 12.2. The van der Waals surface area contributed by atoms with Gasteiger partial charge in [-0.2, -0.15) is 0 Å². The first-order chi connectivity index (χ1) is 8.06. The van der Waals surface area contributed by atoms with Crippen LogP contribution in [0.2, 0.25) is 0 Å². The lowest BCUT2D eigenvalue weighted by Gasteiger charge is -2.12. The summed E-state index contributed by atoms with van der Waals surface area (Å²) in [5.41, 5.74) is 0.928. The van der Waals surface area contributed by atoms with E-state index in [-0.39, 0.29) is 5.75 Å². The fourth-order valence-corrected chi connectivity index (χ4v) is 1.46. The van der Waals surface area contributed by atoms with E-state index in [1.807, 2.05) is 0 Å². The van der Waals surface area contributed by atoms with Gasteiger partial charge in [-0.15, -0.1) is 13.2 Å². The minimum atomic E-state index is -4.69. The highest BCUT2D eigenvalue weighted by Gasteiger charge is 2.32. The average Bonchev–Trinajstić information content (AvgIpc) is 2.29. The van der Waals surface area contributed by atoms with Crippen molar-refractivity contribution in [2.45, 2.75) is 6.36 Å². The van der Waals surface area contributed by atoms with Crippen LogP contribution in [0.4, 0.5) is 13.2 Å². The summed E-state index contributed by atoms with van der Waals surface area (Å²) in [6.07, 6.45) is -4.69. The second kappa shape index (κ2) is 4.49. The Balaban J connectivity index is 2.41. The topological polar surface area (TPSA) is 9.23 Å². The van der Waals surface area contributed by atoms with E-state index >= 15 is 0 Å². The van der Waals surface area contributed by atoms with E-state index in [9.17, 15) is 13.2 Å². The van der Waals surface area contributed by atoms with Gasteiger partial charge >= 0.3 is 6.36 Å². The minimum absolute atomic E-state index is 0.220. The largest absolute Gasteiger partial charge is 0.573 e. The zero-order valence-electron chi connectivity index (χ0n) is 8.66. The molecule has 0 aliphatic rings. The monoisotopic (exact) mass is 237 g/mol. The van der Waals surface area contributed by atoms with Crippen LogP contribution < -0.4 is 4.74 Å². The summed E-state index contributed by atoms with van der Waals surface area (Å²) in [6, 6.07) is 15.6. The van der Waals surface area contributed by atoms with Gasteiger partial charge in [0.05, 0.1) is 0 Å². The molecule has 0 aliphatic carbocycles.